The van der Waals surface area contributed by atoms with Crippen molar-refractivity contribution in [3.8, 4) is 5.88 Å². The molecule has 0 spiro atoms. The molecule has 1 heterocycles. The third-order valence-electron chi connectivity index (χ3n) is 2.45. The Morgan fingerprint density at radius 1 is 1.11 bits per heavy atom. The summed E-state index contributed by atoms with van der Waals surface area (Å²) in [6, 6.07) is 9.18. The van der Waals surface area contributed by atoms with E-state index in [0.29, 0.717) is 29.1 Å². The Balaban J connectivity index is 2.08. The number of nitrogens with zero attached hydrogens (tertiary/aromatic N) is 1. The number of benzene rings is 1. The molecule has 0 bridgehead atoms. The molecule has 94 valence electrons. The molecule has 1 aromatic heterocycles. The highest BCUT2D eigenvalue weighted by atomic mass is 35.5. The molecule has 1 aromatic carbocycles. The fourth-order valence-electron chi connectivity index (χ4n) is 1.45. The van der Waals surface area contributed by atoms with E-state index in [0.717, 1.165) is 11.1 Å². The Bertz CT molecular complexity index is 529. The summed E-state index contributed by atoms with van der Waals surface area (Å²) in [7, 11) is 0. The SMILES string of the molecule is NCc1ccnc(OCc2ccc(Cl)cc2)c1Cl. The van der Waals surface area contributed by atoms with E-state index < -0.39 is 0 Å². The lowest BCUT2D eigenvalue weighted by Gasteiger charge is -2.09. The number of rotatable bonds is 4. The van der Waals surface area contributed by atoms with E-state index in [9.17, 15) is 0 Å². The van der Waals surface area contributed by atoms with Crippen LogP contribution in [0.4, 0.5) is 0 Å². The number of hydrogen-bond donors (Lipinski definition) is 1. The molecule has 0 atom stereocenters. The quantitative estimate of drug-likeness (QED) is 0.935. The summed E-state index contributed by atoms with van der Waals surface area (Å²) in [4.78, 5) is 4.08. The summed E-state index contributed by atoms with van der Waals surface area (Å²) in [5.74, 6) is 0.398. The van der Waals surface area contributed by atoms with Crippen molar-refractivity contribution in [3.63, 3.8) is 0 Å². The van der Waals surface area contributed by atoms with Crippen LogP contribution in [0.1, 0.15) is 11.1 Å². The summed E-state index contributed by atoms with van der Waals surface area (Å²) in [5, 5.41) is 1.16. The Labute approximate surface area is 115 Å². The molecule has 5 heteroatoms. The van der Waals surface area contributed by atoms with E-state index >= 15 is 0 Å². The minimum absolute atomic E-state index is 0.360. The van der Waals surface area contributed by atoms with Crippen molar-refractivity contribution >= 4 is 23.2 Å². The van der Waals surface area contributed by atoms with Crippen LogP contribution in [-0.4, -0.2) is 4.98 Å². The van der Waals surface area contributed by atoms with E-state index in [4.69, 9.17) is 33.7 Å². The van der Waals surface area contributed by atoms with E-state index in [-0.39, 0.29) is 0 Å². The lowest BCUT2D eigenvalue weighted by molar-refractivity contribution is 0.294. The highest BCUT2D eigenvalue weighted by Gasteiger charge is 2.07. The zero-order valence-electron chi connectivity index (χ0n) is 9.57. The van der Waals surface area contributed by atoms with E-state index in [1.54, 1.807) is 12.3 Å². The maximum absolute atomic E-state index is 6.11. The molecule has 0 aliphatic heterocycles. The Hall–Kier alpha value is -1.29. The molecule has 0 saturated heterocycles. The van der Waals surface area contributed by atoms with Crippen molar-refractivity contribution in [3.05, 3.63) is 57.7 Å². The van der Waals surface area contributed by atoms with Crippen LogP contribution in [0.2, 0.25) is 10.0 Å². The fourth-order valence-corrected chi connectivity index (χ4v) is 1.82. The van der Waals surface area contributed by atoms with Crippen molar-refractivity contribution in [1.82, 2.24) is 4.98 Å². The van der Waals surface area contributed by atoms with Crippen LogP contribution in [-0.2, 0) is 13.2 Å². The summed E-state index contributed by atoms with van der Waals surface area (Å²) in [6.07, 6.45) is 1.63. The first-order valence-corrected chi connectivity index (χ1v) is 6.17. The number of nitrogens with two attached hydrogens (primary N) is 1. The van der Waals surface area contributed by atoms with Gasteiger partial charge in [0.2, 0.25) is 5.88 Å². The van der Waals surface area contributed by atoms with Gasteiger partial charge in [0.25, 0.3) is 0 Å². The molecule has 0 fully saturated rings. The highest BCUT2D eigenvalue weighted by Crippen LogP contribution is 2.26. The number of halogens is 2. The van der Waals surface area contributed by atoms with Crippen molar-refractivity contribution in [2.75, 3.05) is 0 Å². The molecule has 0 saturated carbocycles. The van der Waals surface area contributed by atoms with E-state index in [2.05, 4.69) is 4.98 Å². The number of aromatic nitrogens is 1. The first kappa shape index (κ1) is 13.1. The number of pyridine rings is 1. The third-order valence-corrected chi connectivity index (χ3v) is 3.10. The minimum atomic E-state index is 0.360. The summed E-state index contributed by atoms with van der Waals surface area (Å²) < 4.78 is 5.56. The minimum Gasteiger partial charge on any atom is -0.472 e. The Morgan fingerprint density at radius 3 is 2.50 bits per heavy atom. The van der Waals surface area contributed by atoms with Gasteiger partial charge in [0.15, 0.2) is 0 Å². The normalized spacial score (nSPS) is 10.4. The fraction of sp³-hybridized carbons (Fsp3) is 0.154. The average Bonchev–Trinajstić information content (AvgIpc) is 2.39. The second kappa shape index (κ2) is 6.05. The molecular weight excluding hydrogens is 271 g/mol. The second-order valence-electron chi connectivity index (χ2n) is 3.71. The summed E-state index contributed by atoms with van der Waals surface area (Å²) >= 11 is 11.9. The van der Waals surface area contributed by atoms with Crippen molar-refractivity contribution < 1.29 is 4.74 Å². The molecule has 0 unspecified atom stereocenters. The van der Waals surface area contributed by atoms with Gasteiger partial charge >= 0.3 is 0 Å². The molecular formula is C13H12Cl2N2O. The molecule has 0 aliphatic carbocycles. The third kappa shape index (κ3) is 3.13. The zero-order valence-corrected chi connectivity index (χ0v) is 11.1. The molecule has 18 heavy (non-hydrogen) atoms. The summed E-state index contributed by atoms with van der Waals surface area (Å²) in [6.45, 7) is 0.747. The topological polar surface area (TPSA) is 48.1 Å². The smallest absolute Gasteiger partial charge is 0.233 e. The van der Waals surface area contributed by atoms with Gasteiger partial charge in [0, 0.05) is 17.8 Å². The van der Waals surface area contributed by atoms with Gasteiger partial charge < -0.3 is 10.5 Å². The predicted octanol–water partition coefficient (Wildman–Crippen LogP) is 3.43. The highest BCUT2D eigenvalue weighted by molar-refractivity contribution is 6.32. The standard InChI is InChI=1S/C13H12Cl2N2O/c14-11-3-1-9(2-4-11)8-18-13-12(15)10(7-16)5-6-17-13/h1-6H,7-8,16H2. The van der Waals surface area contributed by atoms with Crippen LogP contribution < -0.4 is 10.5 Å². The van der Waals surface area contributed by atoms with Gasteiger partial charge in [0.1, 0.15) is 11.6 Å². The molecule has 2 aromatic rings. The average molecular weight is 283 g/mol. The first-order chi connectivity index (χ1) is 8.70. The van der Waals surface area contributed by atoms with Crippen LogP contribution in [0, 0.1) is 0 Å². The monoisotopic (exact) mass is 282 g/mol. The summed E-state index contributed by atoms with van der Waals surface area (Å²) in [5.41, 5.74) is 7.37. The maximum Gasteiger partial charge on any atom is 0.233 e. The van der Waals surface area contributed by atoms with Gasteiger partial charge in [-0.2, -0.15) is 0 Å². The Morgan fingerprint density at radius 2 is 1.83 bits per heavy atom. The molecule has 3 nitrogen and oxygen atoms in total. The van der Waals surface area contributed by atoms with Crippen LogP contribution in [0.5, 0.6) is 5.88 Å². The Kier molecular flexibility index (Phi) is 4.42. The maximum atomic E-state index is 6.11. The lowest BCUT2D eigenvalue weighted by atomic mass is 10.2. The number of ether oxygens (including phenoxy) is 1. The second-order valence-corrected chi connectivity index (χ2v) is 4.52. The van der Waals surface area contributed by atoms with Crippen molar-refractivity contribution in [1.29, 1.82) is 0 Å². The van der Waals surface area contributed by atoms with E-state index in [1.165, 1.54) is 0 Å². The zero-order chi connectivity index (χ0) is 13.0. The van der Waals surface area contributed by atoms with Gasteiger partial charge in [-0.05, 0) is 29.3 Å². The van der Waals surface area contributed by atoms with Crippen LogP contribution >= 0.6 is 23.2 Å². The van der Waals surface area contributed by atoms with Gasteiger partial charge in [-0.1, -0.05) is 35.3 Å². The molecule has 0 radical (unpaired) electrons. The lowest BCUT2D eigenvalue weighted by Crippen LogP contribution is -2.02. The van der Waals surface area contributed by atoms with Gasteiger partial charge in [-0.15, -0.1) is 0 Å². The van der Waals surface area contributed by atoms with Gasteiger partial charge in [-0.3, -0.25) is 0 Å². The first-order valence-electron chi connectivity index (χ1n) is 5.41. The van der Waals surface area contributed by atoms with Gasteiger partial charge in [-0.25, -0.2) is 4.98 Å². The van der Waals surface area contributed by atoms with Crippen LogP contribution in [0.25, 0.3) is 0 Å². The van der Waals surface area contributed by atoms with E-state index in [1.807, 2.05) is 24.3 Å². The molecule has 0 aliphatic rings. The van der Waals surface area contributed by atoms with Gasteiger partial charge in [0.05, 0.1) is 0 Å². The molecule has 2 rings (SSSR count). The van der Waals surface area contributed by atoms with Crippen LogP contribution in [0.3, 0.4) is 0 Å². The van der Waals surface area contributed by atoms with Crippen molar-refractivity contribution in [2.24, 2.45) is 5.73 Å². The number of hydrogen-bond acceptors (Lipinski definition) is 3. The molecule has 0 amide bonds. The van der Waals surface area contributed by atoms with Crippen LogP contribution in [0.15, 0.2) is 36.5 Å². The van der Waals surface area contributed by atoms with Crippen molar-refractivity contribution in [2.45, 2.75) is 13.2 Å². The largest absolute Gasteiger partial charge is 0.472 e. The predicted molar refractivity (Wildman–Crippen MR) is 72.9 cm³/mol. The molecule has 2 N–H and O–H groups in total.